The average Bonchev–Trinajstić information content (AvgIpc) is 3.27. The minimum Gasteiger partial charge on any atom is -0.354 e. The first-order chi connectivity index (χ1) is 14.0. The molecular weight excluding hydrogens is 406 g/mol. The highest BCUT2D eigenvalue weighted by atomic mass is 35.5. The Labute approximate surface area is 181 Å². The molecule has 0 aliphatic carbocycles. The van der Waals surface area contributed by atoms with Crippen LogP contribution in [0.5, 0.6) is 0 Å². The molecule has 0 saturated carbocycles. The number of carbonyl (C=O) groups excluding carboxylic acids is 2. The lowest BCUT2D eigenvalue weighted by atomic mass is 9.97. The van der Waals surface area contributed by atoms with E-state index in [1.54, 1.807) is 11.1 Å². The molecule has 9 heteroatoms. The van der Waals surface area contributed by atoms with Crippen LogP contribution in [0.25, 0.3) is 5.65 Å². The molecule has 4 rings (SSSR count). The van der Waals surface area contributed by atoms with Crippen LogP contribution in [-0.4, -0.2) is 58.3 Å². The molecular formula is C21H28ClN5O3. The monoisotopic (exact) mass is 433 g/mol. The van der Waals surface area contributed by atoms with Crippen LogP contribution in [0.3, 0.4) is 0 Å². The summed E-state index contributed by atoms with van der Waals surface area (Å²) in [6, 6.07) is 3.54. The van der Waals surface area contributed by atoms with Gasteiger partial charge in [0.2, 0.25) is 5.91 Å². The molecule has 2 aliphatic heterocycles. The number of carbonyl (C=O) groups is 2. The fraction of sp³-hybridized carbons (Fsp3) is 0.524. The number of halogens is 1. The van der Waals surface area contributed by atoms with Crippen molar-refractivity contribution in [3.05, 3.63) is 46.0 Å². The van der Waals surface area contributed by atoms with Crippen LogP contribution >= 0.6 is 12.4 Å². The Hall–Kier alpha value is -2.45. The van der Waals surface area contributed by atoms with Crippen LogP contribution in [0.2, 0.25) is 0 Å². The van der Waals surface area contributed by atoms with Crippen LogP contribution in [0, 0.1) is 12.8 Å². The molecule has 2 aliphatic rings. The van der Waals surface area contributed by atoms with Gasteiger partial charge < -0.3 is 15.5 Å². The summed E-state index contributed by atoms with van der Waals surface area (Å²) in [5.41, 5.74) is 1.28. The summed E-state index contributed by atoms with van der Waals surface area (Å²) in [6.45, 7) is 4.52. The summed E-state index contributed by atoms with van der Waals surface area (Å²) in [5, 5.41) is 6.21. The molecule has 30 heavy (non-hydrogen) atoms. The van der Waals surface area contributed by atoms with Crippen molar-refractivity contribution in [3.63, 3.8) is 0 Å². The maximum atomic E-state index is 13.0. The van der Waals surface area contributed by atoms with E-state index in [1.807, 2.05) is 19.1 Å². The van der Waals surface area contributed by atoms with Crippen molar-refractivity contribution >= 4 is 29.9 Å². The van der Waals surface area contributed by atoms with Gasteiger partial charge in [0.15, 0.2) is 0 Å². The highest BCUT2D eigenvalue weighted by molar-refractivity contribution is 5.93. The fourth-order valence-electron chi connectivity index (χ4n) is 4.19. The summed E-state index contributed by atoms with van der Waals surface area (Å²) >= 11 is 0. The molecule has 4 heterocycles. The molecule has 0 bridgehead atoms. The zero-order chi connectivity index (χ0) is 20.4. The lowest BCUT2D eigenvalue weighted by molar-refractivity contribution is -0.123. The van der Waals surface area contributed by atoms with E-state index < -0.39 is 0 Å². The molecule has 2 fully saturated rings. The summed E-state index contributed by atoms with van der Waals surface area (Å²) in [4.78, 5) is 44.0. The van der Waals surface area contributed by atoms with E-state index in [9.17, 15) is 14.4 Å². The zero-order valence-corrected chi connectivity index (χ0v) is 17.9. The lowest BCUT2D eigenvalue weighted by Crippen LogP contribution is -2.47. The smallest absolute Gasteiger partial charge is 0.270 e. The first-order valence-electron chi connectivity index (χ1n) is 10.3. The predicted octanol–water partition coefficient (Wildman–Crippen LogP) is 1.15. The second kappa shape index (κ2) is 9.57. The van der Waals surface area contributed by atoms with Gasteiger partial charge >= 0.3 is 0 Å². The number of hydrogen-bond acceptors (Lipinski definition) is 5. The van der Waals surface area contributed by atoms with Gasteiger partial charge in [-0.05, 0) is 62.8 Å². The maximum absolute atomic E-state index is 13.0. The Bertz CT molecular complexity index is 986. The highest BCUT2D eigenvalue weighted by Gasteiger charge is 2.28. The summed E-state index contributed by atoms with van der Waals surface area (Å²) in [7, 11) is 0. The van der Waals surface area contributed by atoms with Gasteiger partial charge in [-0.2, -0.15) is 0 Å². The molecule has 2 aromatic rings. The van der Waals surface area contributed by atoms with E-state index in [0.717, 1.165) is 37.8 Å². The Kier molecular flexibility index (Phi) is 7.10. The number of piperidine rings is 1. The molecule has 0 aromatic carbocycles. The van der Waals surface area contributed by atoms with Gasteiger partial charge in [0, 0.05) is 32.0 Å². The molecule has 162 valence electrons. The molecule has 2 amide bonds. The summed E-state index contributed by atoms with van der Waals surface area (Å²) in [5.74, 6) is -0.0546. The molecule has 2 unspecified atom stereocenters. The maximum Gasteiger partial charge on any atom is 0.270 e. The molecule has 8 nitrogen and oxygen atoms in total. The van der Waals surface area contributed by atoms with Gasteiger partial charge in [-0.25, -0.2) is 4.98 Å². The third-order valence-electron chi connectivity index (χ3n) is 5.84. The minimum absolute atomic E-state index is 0. The van der Waals surface area contributed by atoms with Crippen LogP contribution < -0.4 is 16.2 Å². The summed E-state index contributed by atoms with van der Waals surface area (Å²) < 4.78 is 1.41. The number of amides is 2. The number of nitrogens with zero attached hydrogens (tertiary/aromatic N) is 3. The van der Waals surface area contributed by atoms with Gasteiger partial charge in [-0.1, -0.05) is 0 Å². The first-order valence-corrected chi connectivity index (χ1v) is 10.3. The quantitative estimate of drug-likeness (QED) is 0.754. The van der Waals surface area contributed by atoms with Crippen LogP contribution in [0.15, 0.2) is 29.3 Å². The zero-order valence-electron chi connectivity index (χ0n) is 17.1. The third-order valence-corrected chi connectivity index (χ3v) is 5.84. The van der Waals surface area contributed by atoms with Gasteiger partial charge in [-0.15, -0.1) is 12.4 Å². The number of pyridine rings is 1. The van der Waals surface area contributed by atoms with Crippen molar-refractivity contribution < 1.29 is 9.59 Å². The van der Waals surface area contributed by atoms with E-state index in [1.165, 1.54) is 10.6 Å². The highest BCUT2D eigenvalue weighted by Crippen LogP contribution is 2.18. The van der Waals surface area contributed by atoms with Gasteiger partial charge in [-0.3, -0.25) is 18.8 Å². The fourth-order valence-corrected chi connectivity index (χ4v) is 4.19. The van der Waals surface area contributed by atoms with E-state index in [0.29, 0.717) is 25.3 Å². The molecule has 2 saturated heterocycles. The largest absolute Gasteiger partial charge is 0.354 e. The average molecular weight is 434 g/mol. The Morgan fingerprint density at radius 3 is 2.90 bits per heavy atom. The lowest BCUT2D eigenvalue weighted by Gasteiger charge is -2.33. The Morgan fingerprint density at radius 2 is 2.13 bits per heavy atom. The van der Waals surface area contributed by atoms with Crippen molar-refractivity contribution in [1.82, 2.24) is 24.9 Å². The number of aryl methyl sites for hydroxylation is 1. The van der Waals surface area contributed by atoms with Gasteiger partial charge in [0.05, 0.1) is 6.04 Å². The van der Waals surface area contributed by atoms with E-state index in [2.05, 4.69) is 15.6 Å². The number of likely N-dealkylation sites (tertiary alicyclic amines) is 1. The number of aromatic nitrogens is 2. The second-order valence-corrected chi connectivity index (χ2v) is 8.06. The molecule has 2 atom stereocenters. The van der Waals surface area contributed by atoms with Crippen molar-refractivity contribution in [1.29, 1.82) is 0 Å². The van der Waals surface area contributed by atoms with Crippen molar-refractivity contribution in [3.8, 4) is 0 Å². The predicted molar refractivity (Wildman–Crippen MR) is 116 cm³/mol. The normalized spacial score (nSPS) is 21.3. The standard InChI is InChI=1S/C21H27N5O3.ClH/c1-14-6-9-26-18(10-14)23-12-16(21(26)29)20(28)25-8-3-4-15(13-25)11-24-19(27)17-5-2-7-22-17;/h6,9-10,12,15,17,22H,2-5,7-8,11,13H2,1H3,(H,24,27);1H. The number of rotatable bonds is 4. The van der Waals surface area contributed by atoms with Gasteiger partial charge in [0.25, 0.3) is 11.5 Å². The second-order valence-electron chi connectivity index (χ2n) is 8.06. The van der Waals surface area contributed by atoms with Crippen LogP contribution in [-0.2, 0) is 4.79 Å². The minimum atomic E-state index is -0.345. The third kappa shape index (κ3) is 4.65. The number of fused-ring (bicyclic) bond motifs is 1. The van der Waals surface area contributed by atoms with E-state index in [-0.39, 0.29) is 47.3 Å². The van der Waals surface area contributed by atoms with E-state index in [4.69, 9.17) is 0 Å². The Balaban J connectivity index is 0.00000256. The molecule has 2 aromatic heterocycles. The molecule has 2 N–H and O–H groups in total. The van der Waals surface area contributed by atoms with Crippen LogP contribution in [0.4, 0.5) is 0 Å². The first kappa shape index (κ1) is 22.2. The van der Waals surface area contributed by atoms with Crippen molar-refractivity contribution in [2.45, 2.75) is 38.6 Å². The summed E-state index contributed by atoms with van der Waals surface area (Å²) in [6.07, 6.45) is 6.75. The molecule has 0 radical (unpaired) electrons. The van der Waals surface area contributed by atoms with Crippen LogP contribution in [0.1, 0.15) is 41.6 Å². The topological polar surface area (TPSA) is 95.8 Å². The van der Waals surface area contributed by atoms with E-state index >= 15 is 0 Å². The van der Waals surface area contributed by atoms with Crippen molar-refractivity contribution in [2.24, 2.45) is 5.92 Å². The number of nitrogens with one attached hydrogen (secondary N) is 2. The molecule has 0 spiro atoms. The van der Waals surface area contributed by atoms with Gasteiger partial charge in [0.1, 0.15) is 11.2 Å². The van der Waals surface area contributed by atoms with Crippen molar-refractivity contribution in [2.75, 3.05) is 26.2 Å². The number of hydrogen-bond donors (Lipinski definition) is 2. The SMILES string of the molecule is Cc1ccn2c(=O)c(C(=O)N3CCCC(CNC(=O)C4CCCN4)C3)cnc2c1.Cl. The Morgan fingerprint density at radius 1 is 1.30 bits per heavy atom.